The van der Waals surface area contributed by atoms with Crippen molar-refractivity contribution in [3.63, 3.8) is 0 Å². The number of phosphoric acid groups is 1. The van der Waals surface area contributed by atoms with Gasteiger partial charge in [-0.2, -0.15) is 0 Å². The third-order valence-corrected chi connectivity index (χ3v) is 10.5. The van der Waals surface area contributed by atoms with E-state index in [0.29, 0.717) is 12.8 Å². The normalized spacial score (nSPS) is 13.9. The molecule has 0 fully saturated rings. The molecule has 10 nitrogen and oxygen atoms in total. The van der Waals surface area contributed by atoms with Crippen LogP contribution in [0.4, 0.5) is 0 Å². The minimum absolute atomic E-state index is 0.190. The fourth-order valence-corrected chi connectivity index (χ4v) is 6.96. The summed E-state index contributed by atoms with van der Waals surface area (Å²) in [6.45, 7) is 2.38. The SMILES string of the molecule is CCCCCCCCCCCCCCCCCCCCCCC(=O)OC[C@H](COP(=O)(O)OC[C@H](O)CO)OC(=O)CCCCCCCCCCC. The molecule has 0 spiro atoms. The zero-order valence-electron chi connectivity index (χ0n) is 33.6. The molecule has 0 aromatic rings. The number of aliphatic hydroxyl groups excluding tert-OH is 2. The predicted octanol–water partition coefficient (Wildman–Crippen LogP) is 11.1. The number of carbonyl (C=O) groups excluding carboxylic acids is 2. The second kappa shape index (κ2) is 38.3. The van der Waals surface area contributed by atoms with E-state index >= 15 is 0 Å². The van der Waals surface area contributed by atoms with Crippen LogP contribution in [0.3, 0.4) is 0 Å². The molecule has 0 radical (unpaired) electrons. The number of carbonyl (C=O) groups is 2. The molecule has 52 heavy (non-hydrogen) atoms. The topological polar surface area (TPSA) is 149 Å². The molecule has 310 valence electrons. The van der Waals surface area contributed by atoms with Gasteiger partial charge in [-0.3, -0.25) is 18.6 Å². The predicted molar refractivity (Wildman–Crippen MR) is 210 cm³/mol. The van der Waals surface area contributed by atoms with Gasteiger partial charge in [0, 0.05) is 12.8 Å². The molecule has 0 heterocycles. The second-order valence-corrected chi connectivity index (χ2v) is 16.2. The molecule has 11 heteroatoms. The number of aliphatic hydroxyl groups is 2. The van der Waals surface area contributed by atoms with E-state index in [1.54, 1.807) is 0 Å². The average molecular weight is 765 g/mol. The summed E-state index contributed by atoms with van der Waals surface area (Å²) in [5.74, 6) is -0.914. The van der Waals surface area contributed by atoms with Crippen molar-refractivity contribution < 1.29 is 47.8 Å². The summed E-state index contributed by atoms with van der Waals surface area (Å²) in [5, 5.41) is 18.3. The van der Waals surface area contributed by atoms with Gasteiger partial charge < -0.3 is 24.6 Å². The maximum atomic E-state index is 12.5. The van der Waals surface area contributed by atoms with Crippen LogP contribution in [0.15, 0.2) is 0 Å². The van der Waals surface area contributed by atoms with Crippen molar-refractivity contribution in [2.75, 3.05) is 26.4 Å². The van der Waals surface area contributed by atoms with Crippen molar-refractivity contribution in [1.29, 1.82) is 0 Å². The van der Waals surface area contributed by atoms with Crippen LogP contribution in [0.25, 0.3) is 0 Å². The van der Waals surface area contributed by atoms with Crippen LogP contribution in [0.1, 0.15) is 213 Å². The van der Waals surface area contributed by atoms with Gasteiger partial charge >= 0.3 is 19.8 Å². The van der Waals surface area contributed by atoms with E-state index in [1.807, 2.05) is 0 Å². The van der Waals surface area contributed by atoms with E-state index in [0.717, 1.165) is 32.1 Å². The van der Waals surface area contributed by atoms with E-state index < -0.39 is 51.8 Å². The standard InChI is InChI=1S/C41H81O10P/c1-3-5-7-9-11-13-14-15-16-17-18-19-20-21-22-23-25-26-28-30-32-40(44)48-36-39(37-50-52(46,47)49-35-38(43)34-42)51-41(45)33-31-29-27-24-12-10-8-6-4-2/h38-39,42-43H,3-37H2,1-2H3,(H,46,47)/t38-,39-/m1/s1. The maximum Gasteiger partial charge on any atom is 0.472 e. The molecule has 3 atom stereocenters. The van der Waals surface area contributed by atoms with Gasteiger partial charge in [-0.1, -0.05) is 187 Å². The van der Waals surface area contributed by atoms with E-state index in [1.165, 1.54) is 141 Å². The van der Waals surface area contributed by atoms with Crippen molar-refractivity contribution >= 4 is 19.8 Å². The number of ether oxygens (including phenoxy) is 2. The lowest BCUT2D eigenvalue weighted by molar-refractivity contribution is -0.161. The first-order valence-electron chi connectivity index (χ1n) is 21.5. The van der Waals surface area contributed by atoms with Crippen molar-refractivity contribution in [2.45, 2.75) is 225 Å². The zero-order chi connectivity index (χ0) is 38.4. The van der Waals surface area contributed by atoms with E-state index in [2.05, 4.69) is 18.4 Å². The molecule has 0 aromatic heterocycles. The summed E-state index contributed by atoms with van der Waals surface area (Å²) < 4.78 is 32.6. The highest BCUT2D eigenvalue weighted by atomic mass is 31.2. The molecule has 0 aliphatic carbocycles. The quantitative estimate of drug-likeness (QED) is 0.0312. The summed E-state index contributed by atoms with van der Waals surface area (Å²) in [5.41, 5.74) is 0. The Bertz CT molecular complexity index is 842. The van der Waals surface area contributed by atoms with Crippen molar-refractivity contribution in [3.05, 3.63) is 0 Å². The van der Waals surface area contributed by atoms with E-state index in [4.69, 9.17) is 19.1 Å². The van der Waals surface area contributed by atoms with Crippen LogP contribution in [0, 0.1) is 0 Å². The Morgan fingerprint density at radius 2 is 0.827 bits per heavy atom. The van der Waals surface area contributed by atoms with Crippen LogP contribution < -0.4 is 0 Å². The molecule has 0 rings (SSSR count). The Morgan fingerprint density at radius 3 is 1.19 bits per heavy atom. The largest absolute Gasteiger partial charge is 0.472 e. The Kier molecular flexibility index (Phi) is 37.5. The number of hydrogen-bond donors (Lipinski definition) is 3. The van der Waals surface area contributed by atoms with Gasteiger partial charge in [0.05, 0.1) is 19.8 Å². The van der Waals surface area contributed by atoms with Crippen LogP contribution in [0.2, 0.25) is 0 Å². The number of unbranched alkanes of at least 4 members (excludes halogenated alkanes) is 27. The molecule has 0 amide bonds. The Hall–Kier alpha value is -1.03. The van der Waals surface area contributed by atoms with Crippen LogP contribution in [-0.4, -0.2) is 65.7 Å². The van der Waals surface area contributed by atoms with Crippen molar-refractivity contribution in [2.24, 2.45) is 0 Å². The molecule has 0 aliphatic heterocycles. The number of rotatable bonds is 41. The monoisotopic (exact) mass is 765 g/mol. The zero-order valence-corrected chi connectivity index (χ0v) is 34.4. The molecule has 0 bridgehead atoms. The molecule has 0 saturated carbocycles. The molecule has 3 N–H and O–H groups in total. The third-order valence-electron chi connectivity index (χ3n) is 9.51. The first kappa shape index (κ1) is 51.0. The summed E-state index contributed by atoms with van der Waals surface area (Å²) in [6, 6.07) is 0. The summed E-state index contributed by atoms with van der Waals surface area (Å²) >= 11 is 0. The Balaban J connectivity index is 4.12. The van der Waals surface area contributed by atoms with Gasteiger partial charge in [-0.15, -0.1) is 0 Å². The van der Waals surface area contributed by atoms with Crippen LogP contribution >= 0.6 is 7.82 Å². The van der Waals surface area contributed by atoms with Crippen molar-refractivity contribution in [1.82, 2.24) is 0 Å². The number of hydrogen-bond acceptors (Lipinski definition) is 9. The fraction of sp³-hybridized carbons (Fsp3) is 0.951. The molecule has 0 aromatic carbocycles. The van der Waals surface area contributed by atoms with E-state index in [-0.39, 0.29) is 19.4 Å². The molecule has 0 saturated heterocycles. The Labute approximate surface area is 318 Å². The highest BCUT2D eigenvalue weighted by Gasteiger charge is 2.27. The highest BCUT2D eigenvalue weighted by Crippen LogP contribution is 2.43. The van der Waals surface area contributed by atoms with Crippen LogP contribution in [-0.2, 0) is 32.7 Å². The maximum absolute atomic E-state index is 12.5. The molecular weight excluding hydrogens is 683 g/mol. The lowest BCUT2D eigenvalue weighted by Gasteiger charge is -2.20. The smallest absolute Gasteiger partial charge is 0.462 e. The van der Waals surface area contributed by atoms with Gasteiger partial charge in [0.1, 0.15) is 12.7 Å². The lowest BCUT2D eigenvalue weighted by atomic mass is 10.0. The lowest BCUT2D eigenvalue weighted by Crippen LogP contribution is -2.29. The van der Waals surface area contributed by atoms with Gasteiger partial charge in [-0.25, -0.2) is 4.57 Å². The average Bonchev–Trinajstić information content (AvgIpc) is 3.13. The summed E-state index contributed by atoms with van der Waals surface area (Å²) in [6.07, 6.45) is 33.7. The minimum atomic E-state index is -4.60. The fourth-order valence-electron chi connectivity index (χ4n) is 6.17. The summed E-state index contributed by atoms with van der Waals surface area (Å²) in [4.78, 5) is 34.8. The van der Waals surface area contributed by atoms with Crippen LogP contribution in [0.5, 0.6) is 0 Å². The third kappa shape index (κ3) is 37.3. The first-order valence-corrected chi connectivity index (χ1v) is 23.0. The van der Waals surface area contributed by atoms with E-state index in [9.17, 15) is 24.2 Å². The second-order valence-electron chi connectivity index (χ2n) is 14.7. The molecule has 1 unspecified atom stereocenters. The highest BCUT2D eigenvalue weighted by molar-refractivity contribution is 7.47. The van der Waals surface area contributed by atoms with Gasteiger partial charge in [-0.05, 0) is 12.8 Å². The number of esters is 2. The van der Waals surface area contributed by atoms with Gasteiger partial charge in [0.2, 0.25) is 0 Å². The number of phosphoric ester groups is 1. The Morgan fingerprint density at radius 1 is 0.500 bits per heavy atom. The van der Waals surface area contributed by atoms with Crippen molar-refractivity contribution in [3.8, 4) is 0 Å². The van der Waals surface area contributed by atoms with Gasteiger partial charge in [0.15, 0.2) is 6.10 Å². The summed E-state index contributed by atoms with van der Waals surface area (Å²) in [7, 11) is -4.60. The first-order chi connectivity index (χ1) is 25.2. The molecule has 0 aliphatic rings. The molecular formula is C41H81O10P. The minimum Gasteiger partial charge on any atom is -0.462 e. The van der Waals surface area contributed by atoms with Gasteiger partial charge in [0.25, 0.3) is 0 Å².